The highest BCUT2D eigenvalue weighted by Crippen LogP contribution is 2.41. The van der Waals surface area contributed by atoms with Crippen molar-refractivity contribution in [2.24, 2.45) is 5.92 Å². The van der Waals surface area contributed by atoms with Crippen LogP contribution in [-0.2, 0) is 4.79 Å². The number of nitrogens with zero attached hydrogens (tertiary/aromatic N) is 1. The van der Waals surface area contributed by atoms with Gasteiger partial charge in [-0.3, -0.25) is 4.79 Å². The van der Waals surface area contributed by atoms with E-state index in [-0.39, 0.29) is 23.5 Å². The van der Waals surface area contributed by atoms with Crippen LogP contribution in [0.2, 0.25) is 0 Å². The molecule has 0 radical (unpaired) electrons. The summed E-state index contributed by atoms with van der Waals surface area (Å²) in [6, 6.07) is 5.81. The molecule has 0 unspecified atom stereocenters. The Morgan fingerprint density at radius 3 is 2.92 bits per heavy atom. The molecular weight excluding hydrogens is 304 g/mol. The zero-order chi connectivity index (χ0) is 17.3. The summed E-state index contributed by atoms with van der Waals surface area (Å²) in [6.07, 6.45) is 2.82. The van der Waals surface area contributed by atoms with Gasteiger partial charge in [0.05, 0.1) is 19.1 Å². The number of ether oxygens (including phenoxy) is 2. The Kier molecular flexibility index (Phi) is 4.72. The lowest BCUT2D eigenvalue weighted by molar-refractivity contribution is -0.127. The smallest absolute Gasteiger partial charge is 0.224 e. The van der Waals surface area contributed by atoms with E-state index < -0.39 is 0 Å². The fraction of sp³-hybridized carbons (Fsp3) is 0.632. The van der Waals surface area contributed by atoms with E-state index in [9.17, 15) is 4.79 Å². The summed E-state index contributed by atoms with van der Waals surface area (Å²) in [5.74, 6) is 1.81. The highest BCUT2D eigenvalue weighted by molar-refractivity contribution is 5.79. The first-order chi connectivity index (χ1) is 11.4. The number of rotatable bonds is 3. The normalized spacial score (nSPS) is 26.2. The second-order valence-electron chi connectivity index (χ2n) is 7.63. The summed E-state index contributed by atoms with van der Waals surface area (Å²) in [4.78, 5) is 15.0. The summed E-state index contributed by atoms with van der Waals surface area (Å²) < 4.78 is 11.4. The third-order valence-corrected chi connectivity index (χ3v) is 4.99. The summed E-state index contributed by atoms with van der Waals surface area (Å²) >= 11 is 0. The van der Waals surface area contributed by atoms with Gasteiger partial charge in [0.2, 0.25) is 5.91 Å². The van der Waals surface area contributed by atoms with Crippen molar-refractivity contribution < 1.29 is 14.3 Å². The zero-order valence-corrected chi connectivity index (χ0v) is 15.1. The van der Waals surface area contributed by atoms with Gasteiger partial charge in [-0.05, 0) is 52.4 Å². The molecule has 1 aromatic rings. The highest BCUT2D eigenvalue weighted by atomic mass is 16.5. The average Bonchev–Trinajstić information content (AvgIpc) is 2.53. The number of carbonyl (C=O) groups is 1. The van der Waals surface area contributed by atoms with Crippen molar-refractivity contribution in [2.75, 3.05) is 27.2 Å². The molecule has 0 spiro atoms. The molecule has 1 saturated heterocycles. The van der Waals surface area contributed by atoms with E-state index >= 15 is 0 Å². The maximum atomic E-state index is 12.8. The van der Waals surface area contributed by atoms with Gasteiger partial charge >= 0.3 is 0 Å². The van der Waals surface area contributed by atoms with E-state index in [1.54, 1.807) is 7.11 Å². The molecule has 1 aromatic carbocycles. The molecular formula is C19H28N2O3. The fourth-order valence-electron chi connectivity index (χ4n) is 3.76. The molecule has 3 rings (SSSR count). The van der Waals surface area contributed by atoms with Crippen molar-refractivity contribution in [1.82, 2.24) is 10.2 Å². The van der Waals surface area contributed by atoms with Crippen molar-refractivity contribution in [1.29, 1.82) is 0 Å². The van der Waals surface area contributed by atoms with E-state index in [2.05, 4.69) is 31.1 Å². The monoisotopic (exact) mass is 332 g/mol. The summed E-state index contributed by atoms with van der Waals surface area (Å²) in [7, 11) is 3.73. The van der Waals surface area contributed by atoms with Crippen LogP contribution in [0.5, 0.6) is 11.5 Å². The highest BCUT2D eigenvalue weighted by Gasteiger charge is 2.36. The van der Waals surface area contributed by atoms with E-state index in [0.717, 1.165) is 49.4 Å². The van der Waals surface area contributed by atoms with Gasteiger partial charge in [0.25, 0.3) is 0 Å². The van der Waals surface area contributed by atoms with Crippen molar-refractivity contribution in [3.8, 4) is 11.5 Å². The van der Waals surface area contributed by atoms with Crippen molar-refractivity contribution >= 4 is 5.91 Å². The molecule has 1 N–H and O–H groups in total. The van der Waals surface area contributed by atoms with Crippen molar-refractivity contribution in [3.05, 3.63) is 23.8 Å². The van der Waals surface area contributed by atoms with Crippen LogP contribution in [0.15, 0.2) is 18.2 Å². The van der Waals surface area contributed by atoms with Gasteiger partial charge in [-0.25, -0.2) is 0 Å². The molecule has 1 fully saturated rings. The summed E-state index contributed by atoms with van der Waals surface area (Å²) in [5, 5.41) is 3.27. The summed E-state index contributed by atoms with van der Waals surface area (Å²) in [5.41, 5.74) is 0.716. The Morgan fingerprint density at radius 2 is 2.21 bits per heavy atom. The number of methoxy groups -OCH3 is 1. The molecule has 2 atom stereocenters. The number of fused-ring (bicyclic) bond motifs is 1. The minimum Gasteiger partial charge on any atom is -0.497 e. The third-order valence-electron chi connectivity index (χ3n) is 4.99. The number of hydrogen-bond acceptors (Lipinski definition) is 4. The maximum absolute atomic E-state index is 12.8. The third kappa shape index (κ3) is 3.66. The molecule has 2 aliphatic heterocycles. The lowest BCUT2D eigenvalue weighted by Crippen LogP contribution is -2.46. The number of nitrogens with one attached hydrogen (secondary N) is 1. The van der Waals surface area contributed by atoms with E-state index in [0.29, 0.717) is 0 Å². The van der Waals surface area contributed by atoms with Crippen LogP contribution in [0, 0.1) is 5.92 Å². The Hall–Kier alpha value is -1.75. The van der Waals surface area contributed by atoms with Crippen LogP contribution >= 0.6 is 0 Å². The average molecular weight is 332 g/mol. The van der Waals surface area contributed by atoms with Crippen molar-refractivity contribution in [2.45, 2.75) is 44.8 Å². The topological polar surface area (TPSA) is 50.8 Å². The standard InChI is InChI=1S/C19H28N2O3/c1-19(2)11-16(15-8-7-14(23-4)10-17(15)24-19)20-18(22)13-6-5-9-21(3)12-13/h7-8,10,13,16H,5-6,9,11-12H2,1-4H3,(H,20,22)/t13-,16+/m1/s1. The SMILES string of the molecule is COc1ccc2c(c1)OC(C)(C)C[C@@H]2NC(=O)[C@@H]1CCCN(C)C1. The molecule has 2 aliphatic rings. The second-order valence-corrected chi connectivity index (χ2v) is 7.63. The van der Waals surface area contributed by atoms with Crippen LogP contribution in [-0.4, -0.2) is 43.7 Å². The quantitative estimate of drug-likeness (QED) is 0.925. The van der Waals surface area contributed by atoms with Crippen LogP contribution in [0.4, 0.5) is 0 Å². The Morgan fingerprint density at radius 1 is 1.42 bits per heavy atom. The first-order valence-corrected chi connectivity index (χ1v) is 8.74. The molecule has 2 heterocycles. The lowest BCUT2D eigenvalue weighted by Gasteiger charge is -2.39. The largest absolute Gasteiger partial charge is 0.497 e. The van der Waals surface area contributed by atoms with Gasteiger partial charge in [-0.1, -0.05) is 0 Å². The van der Waals surface area contributed by atoms with Crippen LogP contribution in [0.25, 0.3) is 0 Å². The van der Waals surface area contributed by atoms with Gasteiger partial charge in [0.15, 0.2) is 0 Å². The van der Waals surface area contributed by atoms with E-state index in [1.165, 1.54) is 0 Å². The number of piperidine rings is 1. The molecule has 0 saturated carbocycles. The first kappa shape index (κ1) is 17.1. The maximum Gasteiger partial charge on any atom is 0.224 e. The number of likely N-dealkylation sites (tertiary alicyclic amines) is 1. The second kappa shape index (κ2) is 6.63. The van der Waals surface area contributed by atoms with Gasteiger partial charge in [-0.15, -0.1) is 0 Å². The van der Waals surface area contributed by atoms with Crippen LogP contribution < -0.4 is 14.8 Å². The lowest BCUT2D eigenvalue weighted by atomic mass is 9.88. The van der Waals surface area contributed by atoms with Gasteiger partial charge in [-0.2, -0.15) is 0 Å². The van der Waals surface area contributed by atoms with E-state index in [4.69, 9.17) is 9.47 Å². The number of hydrogen-bond donors (Lipinski definition) is 1. The molecule has 24 heavy (non-hydrogen) atoms. The fourth-order valence-corrected chi connectivity index (χ4v) is 3.76. The molecule has 5 heteroatoms. The van der Waals surface area contributed by atoms with Gasteiger partial charge in [0.1, 0.15) is 17.1 Å². The molecule has 132 valence electrons. The number of amides is 1. The molecule has 1 amide bonds. The molecule has 0 aromatic heterocycles. The predicted molar refractivity (Wildman–Crippen MR) is 93.4 cm³/mol. The zero-order valence-electron chi connectivity index (χ0n) is 15.1. The van der Waals surface area contributed by atoms with Gasteiger partial charge < -0.3 is 19.7 Å². The predicted octanol–water partition coefficient (Wildman–Crippen LogP) is 2.76. The molecule has 0 aliphatic carbocycles. The van der Waals surface area contributed by atoms with Crippen molar-refractivity contribution in [3.63, 3.8) is 0 Å². The Bertz CT molecular complexity index is 615. The Labute approximate surface area is 144 Å². The summed E-state index contributed by atoms with van der Waals surface area (Å²) in [6.45, 7) is 6.04. The van der Waals surface area contributed by atoms with Crippen LogP contribution in [0.3, 0.4) is 0 Å². The van der Waals surface area contributed by atoms with Crippen LogP contribution in [0.1, 0.15) is 44.7 Å². The number of benzene rings is 1. The minimum atomic E-state index is -0.319. The minimum absolute atomic E-state index is 0.0191. The first-order valence-electron chi connectivity index (χ1n) is 8.74. The molecule has 0 bridgehead atoms. The number of carbonyl (C=O) groups excluding carboxylic acids is 1. The molecule has 5 nitrogen and oxygen atoms in total. The van der Waals surface area contributed by atoms with E-state index in [1.807, 2.05) is 18.2 Å². The van der Waals surface area contributed by atoms with Gasteiger partial charge in [0, 0.05) is 24.6 Å². The Balaban J connectivity index is 1.79.